The van der Waals surface area contributed by atoms with E-state index in [9.17, 15) is 9.59 Å². The van der Waals surface area contributed by atoms with Gasteiger partial charge >= 0.3 is 6.09 Å². The summed E-state index contributed by atoms with van der Waals surface area (Å²) in [6, 6.07) is 1.60. The van der Waals surface area contributed by atoms with E-state index >= 15 is 0 Å². The van der Waals surface area contributed by atoms with E-state index in [1.165, 1.54) is 4.90 Å². The van der Waals surface area contributed by atoms with Crippen LogP contribution in [0.4, 0.5) is 4.79 Å². The molecule has 2 aromatic rings. The van der Waals surface area contributed by atoms with Gasteiger partial charge in [-0.15, -0.1) is 0 Å². The van der Waals surface area contributed by atoms with Crippen LogP contribution in [-0.2, 0) is 9.53 Å². The summed E-state index contributed by atoms with van der Waals surface area (Å²) in [4.78, 5) is 33.4. The summed E-state index contributed by atoms with van der Waals surface area (Å²) in [5, 5.41) is 2.90. The van der Waals surface area contributed by atoms with Gasteiger partial charge in [-0.2, -0.15) is 0 Å². The molecule has 3 rings (SSSR count). The Balaban J connectivity index is 1.68. The maximum absolute atomic E-state index is 12.1. The van der Waals surface area contributed by atoms with Crippen molar-refractivity contribution in [2.24, 2.45) is 0 Å². The summed E-state index contributed by atoms with van der Waals surface area (Å²) in [5.41, 5.74) is 0.749. The topological polar surface area (TPSA) is 88.8 Å². The number of nitrogens with one attached hydrogen (secondary N) is 1. The van der Waals surface area contributed by atoms with Gasteiger partial charge in [0, 0.05) is 18.6 Å². The highest BCUT2D eigenvalue weighted by Crippen LogP contribution is 2.16. The smallest absolute Gasteiger partial charge is 0.410 e. The number of aromatic nitrogens is 3. The summed E-state index contributed by atoms with van der Waals surface area (Å²) in [5.74, 6) is 0.365. The first-order valence-electron chi connectivity index (χ1n) is 7.18. The minimum absolute atomic E-state index is 0.000947. The van der Waals surface area contributed by atoms with E-state index in [4.69, 9.17) is 4.74 Å². The minimum Gasteiger partial charge on any atom is -0.448 e. The lowest BCUT2D eigenvalue weighted by molar-refractivity contribution is -0.122. The normalized spacial score (nSPS) is 15.9. The van der Waals surface area contributed by atoms with E-state index < -0.39 is 6.09 Å². The highest BCUT2D eigenvalue weighted by molar-refractivity contribution is 5.83. The fourth-order valence-electron chi connectivity index (χ4n) is 2.38. The van der Waals surface area contributed by atoms with Crippen molar-refractivity contribution in [2.75, 3.05) is 19.7 Å². The molecule has 1 atom stereocenters. The van der Waals surface area contributed by atoms with Crippen molar-refractivity contribution in [3.63, 3.8) is 0 Å². The molecule has 3 heterocycles. The van der Waals surface area contributed by atoms with Crippen LogP contribution in [0.15, 0.2) is 24.7 Å². The Hall–Kier alpha value is -2.64. The van der Waals surface area contributed by atoms with Crippen LogP contribution in [0, 0.1) is 0 Å². The van der Waals surface area contributed by atoms with Crippen LogP contribution >= 0.6 is 0 Å². The fourth-order valence-corrected chi connectivity index (χ4v) is 2.38. The molecule has 0 radical (unpaired) electrons. The summed E-state index contributed by atoms with van der Waals surface area (Å²) in [7, 11) is 0. The van der Waals surface area contributed by atoms with Crippen LogP contribution in [0.1, 0.15) is 25.1 Å². The Morgan fingerprint density at radius 2 is 2.41 bits per heavy atom. The molecule has 8 nitrogen and oxygen atoms in total. The van der Waals surface area contributed by atoms with E-state index in [0.717, 1.165) is 5.69 Å². The lowest BCUT2D eigenvalue weighted by Gasteiger charge is -2.17. The molecule has 0 unspecified atom stereocenters. The predicted molar refractivity (Wildman–Crippen MR) is 77.1 cm³/mol. The molecule has 0 aromatic carbocycles. The molecular weight excluding hydrogens is 286 g/mol. The van der Waals surface area contributed by atoms with Crippen LogP contribution in [0.25, 0.3) is 5.78 Å². The number of nitrogens with zero attached hydrogens (tertiary/aromatic N) is 4. The molecule has 0 saturated carbocycles. The number of ether oxygens (including phenoxy) is 1. The molecule has 1 aliphatic rings. The zero-order valence-corrected chi connectivity index (χ0v) is 12.2. The van der Waals surface area contributed by atoms with Gasteiger partial charge in [0.15, 0.2) is 0 Å². The standard InChI is InChI=1S/C14H17N5O3/c1-2-10(11-8-18-5-3-4-15-13(18)17-11)16-12(20)9-19-6-7-22-14(19)21/h3-5,8,10H,2,6-7,9H2,1H3,(H,16,20)/t10-/m1/s1. The van der Waals surface area contributed by atoms with Crippen molar-refractivity contribution in [3.05, 3.63) is 30.4 Å². The first kappa shape index (κ1) is 14.3. The number of hydrogen-bond donors (Lipinski definition) is 1. The van der Waals surface area contributed by atoms with Crippen molar-refractivity contribution in [3.8, 4) is 0 Å². The summed E-state index contributed by atoms with van der Waals surface area (Å²) < 4.78 is 6.61. The Morgan fingerprint density at radius 1 is 1.55 bits per heavy atom. The molecule has 0 bridgehead atoms. The Labute approximate surface area is 127 Å². The molecule has 0 spiro atoms. The van der Waals surface area contributed by atoms with Crippen LogP contribution < -0.4 is 5.32 Å². The number of rotatable bonds is 5. The maximum atomic E-state index is 12.1. The molecule has 0 aliphatic carbocycles. The number of imidazole rings is 1. The van der Waals surface area contributed by atoms with Crippen molar-refractivity contribution >= 4 is 17.8 Å². The van der Waals surface area contributed by atoms with Crippen molar-refractivity contribution in [1.82, 2.24) is 24.6 Å². The third-order valence-corrected chi connectivity index (χ3v) is 3.53. The van der Waals surface area contributed by atoms with Crippen molar-refractivity contribution < 1.29 is 14.3 Å². The van der Waals surface area contributed by atoms with Gasteiger partial charge in [-0.25, -0.2) is 14.8 Å². The van der Waals surface area contributed by atoms with Crippen LogP contribution in [0.3, 0.4) is 0 Å². The third kappa shape index (κ3) is 2.85. The average Bonchev–Trinajstić information content (AvgIpc) is 3.11. The Kier molecular flexibility index (Phi) is 3.90. The lowest BCUT2D eigenvalue weighted by atomic mass is 10.1. The monoisotopic (exact) mass is 303 g/mol. The van der Waals surface area contributed by atoms with E-state index in [2.05, 4.69) is 15.3 Å². The lowest BCUT2D eigenvalue weighted by Crippen LogP contribution is -2.39. The zero-order valence-electron chi connectivity index (χ0n) is 12.2. The Bertz CT molecular complexity index is 666. The summed E-state index contributed by atoms with van der Waals surface area (Å²) in [6.45, 7) is 2.75. The van der Waals surface area contributed by atoms with Gasteiger partial charge in [0.05, 0.1) is 18.3 Å². The molecule has 116 valence electrons. The number of fused-ring (bicyclic) bond motifs is 1. The number of carbonyl (C=O) groups excluding carboxylic acids is 2. The Morgan fingerprint density at radius 3 is 3.09 bits per heavy atom. The van der Waals surface area contributed by atoms with Gasteiger partial charge in [-0.3, -0.25) is 14.1 Å². The van der Waals surface area contributed by atoms with Gasteiger partial charge in [-0.1, -0.05) is 6.92 Å². The second-order valence-corrected chi connectivity index (χ2v) is 5.06. The van der Waals surface area contributed by atoms with E-state index in [-0.39, 0.29) is 18.5 Å². The molecule has 1 N–H and O–H groups in total. The number of carbonyl (C=O) groups is 2. The molecule has 1 fully saturated rings. The molecule has 1 aliphatic heterocycles. The van der Waals surface area contributed by atoms with E-state index in [1.54, 1.807) is 6.20 Å². The minimum atomic E-state index is -0.444. The highest BCUT2D eigenvalue weighted by atomic mass is 16.6. The SMILES string of the molecule is CC[C@@H](NC(=O)CN1CCOC1=O)c1cn2cccnc2n1. The number of hydrogen-bond acceptors (Lipinski definition) is 5. The average molecular weight is 303 g/mol. The first-order chi connectivity index (χ1) is 10.7. The van der Waals surface area contributed by atoms with Crippen molar-refractivity contribution in [1.29, 1.82) is 0 Å². The predicted octanol–water partition coefficient (Wildman–Crippen LogP) is 0.749. The quantitative estimate of drug-likeness (QED) is 0.880. The van der Waals surface area contributed by atoms with Gasteiger partial charge in [0.2, 0.25) is 11.7 Å². The first-order valence-corrected chi connectivity index (χ1v) is 7.18. The maximum Gasteiger partial charge on any atom is 0.410 e. The van der Waals surface area contributed by atoms with Crippen LogP contribution in [-0.4, -0.2) is 51.0 Å². The second kappa shape index (κ2) is 6.00. The zero-order chi connectivity index (χ0) is 15.5. The summed E-state index contributed by atoms with van der Waals surface area (Å²) >= 11 is 0. The van der Waals surface area contributed by atoms with Crippen LogP contribution in [0.5, 0.6) is 0 Å². The van der Waals surface area contributed by atoms with Gasteiger partial charge in [0.25, 0.3) is 0 Å². The second-order valence-electron chi connectivity index (χ2n) is 5.06. The van der Waals surface area contributed by atoms with Gasteiger partial charge in [-0.05, 0) is 12.5 Å². The summed E-state index contributed by atoms with van der Waals surface area (Å²) in [6.07, 6.45) is 5.62. The molecular formula is C14H17N5O3. The van der Waals surface area contributed by atoms with Gasteiger partial charge < -0.3 is 10.1 Å². The molecule has 1 saturated heterocycles. The number of amides is 2. The molecule has 2 aromatic heterocycles. The molecule has 2 amide bonds. The van der Waals surface area contributed by atoms with Crippen molar-refractivity contribution in [2.45, 2.75) is 19.4 Å². The number of cyclic esters (lactones) is 1. The third-order valence-electron chi connectivity index (χ3n) is 3.53. The fraction of sp³-hybridized carbons (Fsp3) is 0.429. The van der Waals surface area contributed by atoms with E-state index in [0.29, 0.717) is 25.4 Å². The molecule has 22 heavy (non-hydrogen) atoms. The molecule has 8 heteroatoms. The highest BCUT2D eigenvalue weighted by Gasteiger charge is 2.25. The van der Waals surface area contributed by atoms with Gasteiger partial charge in [0.1, 0.15) is 13.2 Å². The largest absolute Gasteiger partial charge is 0.448 e. The van der Waals surface area contributed by atoms with E-state index in [1.807, 2.05) is 29.8 Å². The van der Waals surface area contributed by atoms with Crippen LogP contribution in [0.2, 0.25) is 0 Å².